The van der Waals surface area contributed by atoms with Crippen LogP contribution in [0.2, 0.25) is 0 Å². The monoisotopic (exact) mass is 320 g/mol. The maximum Gasteiger partial charge on any atom is 0.302 e. The average molecular weight is 320 g/mol. The van der Waals surface area contributed by atoms with Gasteiger partial charge in [0.15, 0.2) is 0 Å². The number of methoxy groups -OCH3 is 1. The third-order valence-electron chi connectivity index (χ3n) is 3.35. The minimum absolute atomic E-state index is 0.0410. The Hall–Kier alpha value is -2.14. The highest BCUT2D eigenvalue weighted by atomic mass is 16.5. The van der Waals surface area contributed by atoms with Crippen LogP contribution in [0.25, 0.3) is 0 Å². The van der Waals surface area contributed by atoms with Crippen molar-refractivity contribution < 1.29 is 23.8 Å². The van der Waals surface area contributed by atoms with Crippen LogP contribution in [-0.2, 0) is 25.7 Å². The third-order valence-corrected chi connectivity index (χ3v) is 3.35. The first kappa shape index (κ1) is 18.9. The van der Waals surface area contributed by atoms with Gasteiger partial charge in [-0.05, 0) is 30.0 Å². The molecule has 0 radical (unpaired) electrons. The smallest absolute Gasteiger partial charge is 0.302 e. The van der Waals surface area contributed by atoms with E-state index in [2.05, 4.69) is 0 Å². The zero-order chi connectivity index (χ0) is 17.1. The molecule has 0 aliphatic rings. The van der Waals surface area contributed by atoms with Crippen molar-refractivity contribution in [3.63, 3.8) is 0 Å². The van der Waals surface area contributed by atoms with Gasteiger partial charge in [-0.25, -0.2) is 0 Å². The van der Waals surface area contributed by atoms with E-state index in [0.717, 1.165) is 17.6 Å². The van der Waals surface area contributed by atoms with Crippen molar-refractivity contribution in [2.75, 3.05) is 13.7 Å². The molecule has 0 unspecified atom stereocenters. The van der Waals surface area contributed by atoms with Crippen molar-refractivity contribution >= 4 is 12.3 Å². The van der Waals surface area contributed by atoms with Crippen LogP contribution in [0.4, 0.5) is 0 Å². The normalized spacial score (nSPS) is 13.5. The highest BCUT2D eigenvalue weighted by Gasteiger charge is 2.16. The number of esters is 1. The molecule has 126 valence electrons. The first-order valence-corrected chi connectivity index (χ1v) is 7.55. The van der Waals surface area contributed by atoms with Crippen LogP contribution >= 0.6 is 0 Å². The minimum atomic E-state index is -0.476. The number of carbonyl (C=O) groups excluding carboxylic acids is 2. The molecule has 0 saturated carbocycles. The van der Waals surface area contributed by atoms with Gasteiger partial charge in [0.1, 0.15) is 24.7 Å². The number of rotatable bonds is 10. The fourth-order valence-corrected chi connectivity index (χ4v) is 1.93. The fraction of sp³-hybridized carbons (Fsp3) is 0.444. The topological polar surface area (TPSA) is 61.8 Å². The molecule has 0 saturated heterocycles. The molecule has 1 rings (SSSR count). The van der Waals surface area contributed by atoms with Crippen molar-refractivity contribution in [1.29, 1.82) is 0 Å². The lowest BCUT2D eigenvalue weighted by atomic mass is 10.0. The first-order chi connectivity index (χ1) is 11.1. The Morgan fingerprint density at radius 3 is 2.48 bits per heavy atom. The predicted octanol–water partition coefficient (Wildman–Crippen LogP) is 2.92. The lowest BCUT2D eigenvalue weighted by molar-refractivity contribution is -0.139. The van der Waals surface area contributed by atoms with E-state index in [9.17, 15) is 9.59 Å². The largest absolute Gasteiger partial charge is 0.497 e. The third kappa shape index (κ3) is 7.61. The number of benzene rings is 1. The van der Waals surface area contributed by atoms with E-state index >= 15 is 0 Å². The number of carbonyl (C=O) groups is 2. The molecular formula is C18H24O5. The molecule has 0 heterocycles. The van der Waals surface area contributed by atoms with Gasteiger partial charge in [-0.1, -0.05) is 31.2 Å². The van der Waals surface area contributed by atoms with Gasteiger partial charge < -0.3 is 19.0 Å². The van der Waals surface area contributed by atoms with Gasteiger partial charge in [0.2, 0.25) is 0 Å². The van der Waals surface area contributed by atoms with Crippen LogP contribution in [0.5, 0.6) is 5.75 Å². The molecule has 0 aliphatic carbocycles. The molecule has 2 atom stereocenters. The van der Waals surface area contributed by atoms with Crippen LogP contribution in [0.15, 0.2) is 36.4 Å². The maximum absolute atomic E-state index is 11.2. The predicted molar refractivity (Wildman–Crippen MR) is 87.2 cm³/mol. The van der Waals surface area contributed by atoms with Crippen LogP contribution in [-0.4, -0.2) is 32.1 Å². The molecule has 0 spiro atoms. The molecule has 1 aromatic carbocycles. The Labute approximate surface area is 137 Å². The van der Waals surface area contributed by atoms with Crippen molar-refractivity contribution in [2.24, 2.45) is 5.92 Å². The van der Waals surface area contributed by atoms with E-state index in [1.807, 2.05) is 37.3 Å². The molecule has 0 bridgehead atoms. The molecule has 0 fully saturated rings. The summed E-state index contributed by atoms with van der Waals surface area (Å²) in [7, 11) is 1.62. The Balaban J connectivity index is 2.39. The Bertz CT molecular complexity index is 507. The number of aldehydes is 1. The molecule has 0 aliphatic heterocycles. The summed E-state index contributed by atoms with van der Waals surface area (Å²) in [5, 5.41) is 0. The fourth-order valence-electron chi connectivity index (χ4n) is 1.93. The summed E-state index contributed by atoms with van der Waals surface area (Å²) in [5.41, 5.74) is 0.982. The number of ether oxygens (including phenoxy) is 3. The molecular weight excluding hydrogens is 296 g/mol. The number of allylic oxidation sites excluding steroid dienone is 1. The molecule has 1 aromatic rings. The van der Waals surface area contributed by atoms with Crippen LogP contribution in [0.1, 0.15) is 25.8 Å². The van der Waals surface area contributed by atoms with E-state index in [1.165, 1.54) is 6.92 Å². The molecule has 5 heteroatoms. The maximum atomic E-state index is 11.2. The van der Waals surface area contributed by atoms with Crippen molar-refractivity contribution in [3.8, 4) is 5.75 Å². The van der Waals surface area contributed by atoms with E-state index < -0.39 is 6.10 Å². The second kappa shape index (κ2) is 10.6. The molecule has 0 N–H and O–H groups in total. The van der Waals surface area contributed by atoms with E-state index in [1.54, 1.807) is 13.2 Å². The highest BCUT2D eigenvalue weighted by molar-refractivity contribution is 5.66. The van der Waals surface area contributed by atoms with Gasteiger partial charge in [0.05, 0.1) is 13.7 Å². The van der Waals surface area contributed by atoms with Gasteiger partial charge in [-0.3, -0.25) is 4.79 Å². The lowest BCUT2D eigenvalue weighted by Gasteiger charge is -2.18. The zero-order valence-corrected chi connectivity index (χ0v) is 13.9. The minimum Gasteiger partial charge on any atom is -0.497 e. The second-order valence-corrected chi connectivity index (χ2v) is 5.25. The van der Waals surface area contributed by atoms with E-state index in [-0.39, 0.29) is 18.5 Å². The Morgan fingerprint density at radius 2 is 1.91 bits per heavy atom. The summed E-state index contributed by atoms with van der Waals surface area (Å²) in [6, 6.07) is 7.53. The summed E-state index contributed by atoms with van der Waals surface area (Å²) in [4.78, 5) is 21.8. The molecule has 0 amide bonds. The van der Waals surface area contributed by atoms with E-state index in [0.29, 0.717) is 13.0 Å². The highest BCUT2D eigenvalue weighted by Crippen LogP contribution is 2.16. The molecule has 0 aromatic heterocycles. The standard InChI is InChI=1S/C18H24O5/c1-14(6-4-5-11-22-15(2)20)18(12-19)23-13-16-7-9-17(21-3)10-8-16/h4-5,7-10,12,14,18H,6,11,13H2,1-3H3/b5-4+/t14-,18+/m1/s1. The Kier molecular flexibility index (Phi) is 8.68. The van der Waals surface area contributed by atoms with Crippen LogP contribution in [0.3, 0.4) is 0 Å². The first-order valence-electron chi connectivity index (χ1n) is 7.55. The van der Waals surface area contributed by atoms with Gasteiger partial charge in [0, 0.05) is 6.92 Å². The summed E-state index contributed by atoms with van der Waals surface area (Å²) < 4.78 is 15.6. The van der Waals surface area contributed by atoms with Crippen molar-refractivity contribution in [1.82, 2.24) is 0 Å². The average Bonchev–Trinajstić information content (AvgIpc) is 2.55. The van der Waals surface area contributed by atoms with Gasteiger partial charge in [0.25, 0.3) is 0 Å². The second-order valence-electron chi connectivity index (χ2n) is 5.25. The summed E-state index contributed by atoms with van der Waals surface area (Å²) in [6.07, 6.45) is 4.68. The molecule has 23 heavy (non-hydrogen) atoms. The summed E-state index contributed by atoms with van der Waals surface area (Å²) in [5.74, 6) is 0.516. The molecule has 5 nitrogen and oxygen atoms in total. The van der Waals surface area contributed by atoms with Gasteiger partial charge in [-0.15, -0.1) is 0 Å². The number of hydrogen-bond acceptors (Lipinski definition) is 5. The lowest BCUT2D eigenvalue weighted by Crippen LogP contribution is -2.23. The van der Waals surface area contributed by atoms with E-state index in [4.69, 9.17) is 14.2 Å². The number of hydrogen-bond donors (Lipinski definition) is 0. The Morgan fingerprint density at radius 1 is 1.22 bits per heavy atom. The van der Waals surface area contributed by atoms with Crippen molar-refractivity contribution in [3.05, 3.63) is 42.0 Å². The quantitative estimate of drug-likeness (QED) is 0.377. The van der Waals surface area contributed by atoms with Gasteiger partial charge in [-0.2, -0.15) is 0 Å². The van der Waals surface area contributed by atoms with Crippen molar-refractivity contribution in [2.45, 2.75) is 33.0 Å². The van der Waals surface area contributed by atoms with Crippen LogP contribution < -0.4 is 4.74 Å². The van der Waals surface area contributed by atoms with Crippen LogP contribution in [0, 0.1) is 5.92 Å². The summed E-state index contributed by atoms with van der Waals surface area (Å²) in [6.45, 7) is 3.94. The zero-order valence-electron chi connectivity index (χ0n) is 13.9. The SMILES string of the molecule is COc1ccc(CO[C@@H](C=O)[C@H](C)C/C=C/COC(C)=O)cc1. The summed E-state index contributed by atoms with van der Waals surface area (Å²) >= 11 is 0. The van der Waals surface area contributed by atoms with Gasteiger partial charge >= 0.3 is 5.97 Å².